The number of halogens is 1. The Kier molecular flexibility index (Phi) is 8.30. The van der Waals surface area contributed by atoms with Crippen molar-refractivity contribution < 1.29 is 4.39 Å². The summed E-state index contributed by atoms with van der Waals surface area (Å²) in [6.45, 7) is 6.98. The summed E-state index contributed by atoms with van der Waals surface area (Å²) in [5.74, 6) is 0.736. The van der Waals surface area contributed by atoms with Crippen molar-refractivity contribution in [2.24, 2.45) is 4.99 Å². The van der Waals surface area contributed by atoms with E-state index in [0.29, 0.717) is 6.04 Å². The third-order valence-electron chi connectivity index (χ3n) is 5.04. The average Bonchev–Trinajstić information content (AvgIpc) is 3.20. The molecule has 4 nitrogen and oxygen atoms in total. The van der Waals surface area contributed by atoms with Crippen LogP contribution in [-0.4, -0.2) is 43.1 Å². The number of rotatable bonds is 8. The van der Waals surface area contributed by atoms with Crippen molar-refractivity contribution >= 4 is 17.3 Å². The largest absolute Gasteiger partial charge is 0.357 e. The van der Waals surface area contributed by atoms with E-state index in [1.807, 2.05) is 6.07 Å². The van der Waals surface area contributed by atoms with Crippen LogP contribution in [0.3, 0.4) is 0 Å². The van der Waals surface area contributed by atoms with Crippen LogP contribution in [0.1, 0.15) is 37.3 Å². The molecule has 2 heterocycles. The standard InChI is InChI=1S/C22H31FN4S/c1-2-24-22(25-11-4-6-18-5-3-7-20(23)15-18)26-21-8-12-27(13-9-21)16-19-10-14-28-17-19/h3,5,7,10,14-15,17,21H,2,4,6,8-9,11-13,16H2,1H3,(H2,24,25,26). The Labute approximate surface area is 171 Å². The van der Waals surface area contributed by atoms with E-state index in [0.717, 1.165) is 69.9 Å². The second kappa shape index (κ2) is 11.2. The topological polar surface area (TPSA) is 39.7 Å². The van der Waals surface area contributed by atoms with Gasteiger partial charge in [-0.15, -0.1) is 0 Å². The van der Waals surface area contributed by atoms with Crippen LogP contribution < -0.4 is 10.6 Å². The summed E-state index contributed by atoms with van der Waals surface area (Å²) in [5.41, 5.74) is 2.45. The molecule has 0 saturated carbocycles. The summed E-state index contributed by atoms with van der Waals surface area (Å²) in [7, 11) is 0. The molecule has 0 spiro atoms. The maximum absolute atomic E-state index is 13.2. The third-order valence-corrected chi connectivity index (χ3v) is 5.77. The monoisotopic (exact) mass is 402 g/mol. The fraction of sp³-hybridized carbons (Fsp3) is 0.500. The Morgan fingerprint density at radius 3 is 2.82 bits per heavy atom. The number of nitrogens with one attached hydrogen (secondary N) is 2. The maximum atomic E-state index is 13.2. The zero-order chi connectivity index (χ0) is 19.6. The molecule has 28 heavy (non-hydrogen) atoms. The first-order valence-electron chi connectivity index (χ1n) is 10.3. The lowest BCUT2D eigenvalue weighted by atomic mass is 10.0. The molecule has 0 unspecified atom stereocenters. The predicted molar refractivity (Wildman–Crippen MR) is 116 cm³/mol. The summed E-state index contributed by atoms with van der Waals surface area (Å²) in [6.07, 6.45) is 4.04. The van der Waals surface area contributed by atoms with Crippen LogP contribution in [0.5, 0.6) is 0 Å². The highest BCUT2D eigenvalue weighted by Crippen LogP contribution is 2.15. The Hall–Kier alpha value is -1.92. The van der Waals surface area contributed by atoms with Gasteiger partial charge in [0.25, 0.3) is 0 Å². The molecule has 1 fully saturated rings. The lowest BCUT2D eigenvalue weighted by molar-refractivity contribution is 0.198. The highest BCUT2D eigenvalue weighted by molar-refractivity contribution is 7.07. The summed E-state index contributed by atoms with van der Waals surface area (Å²) >= 11 is 1.77. The number of hydrogen-bond acceptors (Lipinski definition) is 3. The van der Waals surface area contributed by atoms with Crippen LogP contribution >= 0.6 is 11.3 Å². The summed E-state index contributed by atoms with van der Waals surface area (Å²) in [6, 6.07) is 9.52. The summed E-state index contributed by atoms with van der Waals surface area (Å²) in [5, 5.41) is 11.3. The van der Waals surface area contributed by atoms with Crippen LogP contribution in [0, 0.1) is 5.82 Å². The molecule has 0 atom stereocenters. The Morgan fingerprint density at radius 2 is 2.11 bits per heavy atom. The number of thiophene rings is 1. The molecule has 1 aromatic heterocycles. The predicted octanol–water partition coefficient (Wildman–Crippen LogP) is 4.04. The van der Waals surface area contributed by atoms with Gasteiger partial charge in [-0.05, 0) is 72.7 Å². The van der Waals surface area contributed by atoms with E-state index < -0.39 is 0 Å². The number of aliphatic imine (C=N–C) groups is 1. The van der Waals surface area contributed by atoms with E-state index in [-0.39, 0.29) is 5.82 Å². The van der Waals surface area contributed by atoms with Gasteiger partial charge in [-0.1, -0.05) is 12.1 Å². The van der Waals surface area contributed by atoms with Gasteiger partial charge in [-0.25, -0.2) is 4.39 Å². The highest BCUT2D eigenvalue weighted by Gasteiger charge is 2.20. The van der Waals surface area contributed by atoms with Crippen molar-refractivity contribution in [3.05, 3.63) is 58.0 Å². The minimum Gasteiger partial charge on any atom is -0.357 e. The number of benzene rings is 1. The molecule has 2 aromatic rings. The number of aryl methyl sites for hydroxylation is 1. The van der Waals surface area contributed by atoms with E-state index in [2.05, 4.69) is 39.3 Å². The van der Waals surface area contributed by atoms with Crippen LogP contribution in [0.2, 0.25) is 0 Å². The van der Waals surface area contributed by atoms with Gasteiger partial charge in [-0.2, -0.15) is 11.3 Å². The first kappa shape index (κ1) is 20.8. The molecule has 0 aliphatic carbocycles. The molecular weight excluding hydrogens is 371 g/mol. The van der Waals surface area contributed by atoms with Crippen molar-refractivity contribution in [3.8, 4) is 0 Å². The molecule has 0 radical (unpaired) electrons. The number of piperidine rings is 1. The Balaban J connectivity index is 1.40. The first-order chi connectivity index (χ1) is 13.7. The van der Waals surface area contributed by atoms with E-state index >= 15 is 0 Å². The van der Waals surface area contributed by atoms with Gasteiger partial charge >= 0.3 is 0 Å². The van der Waals surface area contributed by atoms with Crippen molar-refractivity contribution in [1.29, 1.82) is 0 Å². The third kappa shape index (κ3) is 6.91. The molecule has 1 aromatic carbocycles. The highest BCUT2D eigenvalue weighted by atomic mass is 32.1. The average molecular weight is 403 g/mol. The molecule has 2 N–H and O–H groups in total. The van der Waals surface area contributed by atoms with Crippen molar-refractivity contribution in [3.63, 3.8) is 0 Å². The fourth-order valence-electron chi connectivity index (χ4n) is 3.56. The molecule has 1 aliphatic heterocycles. The van der Waals surface area contributed by atoms with Gasteiger partial charge < -0.3 is 10.6 Å². The van der Waals surface area contributed by atoms with Crippen LogP contribution in [0.15, 0.2) is 46.1 Å². The van der Waals surface area contributed by atoms with E-state index in [1.165, 1.54) is 11.6 Å². The molecule has 6 heteroatoms. The van der Waals surface area contributed by atoms with Gasteiger partial charge in [0.15, 0.2) is 5.96 Å². The maximum Gasteiger partial charge on any atom is 0.191 e. The minimum absolute atomic E-state index is 0.165. The first-order valence-corrected chi connectivity index (χ1v) is 11.2. The second-order valence-electron chi connectivity index (χ2n) is 7.32. The smallest absolute Gasteiger partial charge is 0.191 e. The molecule has 1 saturated heterocycles. The van der Waals surface area contributed by atoms with Crippen molar-refractivity contribution in [2.75, 3.05) is 26.2 Å². The minimum atomic E-state index is -0.165. The SMILES string of the molecule is CCNC(=NCCCc1cccc(F)c1)NC1CCN(Cc2ccsc2)CC1. The summed E-state index contributed by atoms with van der Waals surface area (Å²) < 4.78 is 13.2. The van der Waals surface area contributed by atoms with Crippen LogP contribution in [0.25, 0.3) is 0 Å². The molecule has 0 amide bonds. The second-order valence-corrected chi connectivity index (χ2v) is 8.10. The van der Waals surface area contributed by atoms with Crippen LogP contribution in [0.4, 0.5) is 4.39 Å². The zero-order valence-corrected chi connectivity index (χ0v) is 17.5. The lowest BCUT2D eigenvalue weighted by Gasteiger charge is -2.33. The number of guanidine groups is 1. The number of hydrogen-bond donors (Lipinski definition) is 2. The molecule has 1 aliphatic rings. The van der Waals surface area contributed by atoms with Gasteiger partial charge in [0, 0.05) is 38.8 Å². The fourth-order valence-corrected chi connectivity index (χ4v) is 4.22. The Bertz CT molecular complexity index is 724. The van der Waals surface area contributed by atoms with Gasteiger partial charge in [0.1, 0.15) is 5.82 Å². The molecule has 152 valence electrons. The summed E-state index contributed by atoms with van der Waals surface area (Å²) in [4.78, 5) is 7.24. The van der Waals surface area contributed by atoms with Gasteiger partial charge in [0.2, 0.25) is 0 Å². The van der Waals surface area contributed by atoms with Gasteiger partial charge in [-0.3, -0.25) is 9.89 Å². The van der Waals surface area contributed by atoms with E-state index in [4.69, 9.17) is 4.99 Å². The zero-order valence-electron chi connectivity index (χ0n) is 16.7. The lowest BCUT2D eigenvalue weighted by Crippen LogP contribution is -2.48. The number of nitrogens with zero attached hydrogens (tertiary/aromatic N) is 2. The molecule has 0 bridgehead atoms. The number of likely N-dealkylation sites (tertiary alicyclic amines) is 1. The molecule has 3 rings (SSSR count). The quantitative estimate of drug-likeness (QED) is 0.398. The van der Waals surface area contributed by atoms with Crippen LogP contribution in [-0.2, 0) is 13.0 Å². The normalized spacial score (nSPS) is 16.3. The van der Waals surface area contributed by atoms with Crippen molar-refractivity contribution in [2.45, 2.75) is 45.2 Å². The van der Waals surface area contributed by atoms with E-state index in [1.54, 1.807) is 23.5 Å². The Morgan fingerprint density at radius 1 is 1.25 bits per heavy atom. The van der Waals surface area contributed by atoms with E-state index in [9.17, 15) is 4.39 Å². The van der Waals surface area contributed by atoms with Crippen molar-refractivity contribution in [1.82, 2.24) is 15.5 Å². The molecular formula is C22H31FN4S. The van der Waals surface area contributed by atoms with Gasteiger partial charge in [0.05, 0.1) is 0 Å².